The second-order valence-corrected chi connectivity index (χ2v) is 8.39. The number of morpholine rings is 1. The Labute approximate surface area is 186 Å². The first-order valence-corrected chi connectivity index (χ1v) is 10.8. The van der Waals surface area contributed by atoms with Crippen molar-refractivity contribution < 1.29 is 27.4 Å². The molecule has 4 rings (SSSR count). The standard InChI is InChI=1S/C20H22F3N5O3S/c1-13-12-24-26(2)17(13)18(29)28(6-5-27-7-9-30-10-8-27)19-25-15-4-3-14(11-16(15)32-19)31-20(21,22)23/h3-4,11-12H,5-10H2,1-2H3. The number of halogens is 3. The highest BCUT2D eigenvalue weighted by atomic mass is 32.1. The zero-order chi connectivity index (χ0) is 22.9. The summed E-state index contributed by atoms with van der Waals surface area (Å²) in [5, 5.41) is 4.56. The molecule has 0 aliphatic carbocycles. The van der Waals surface area contributed by atoms with Crippen molar-refractivity contribution in [2.24, 2.45) is 7.05 Å². The molecule has 0 radical (unpaired) electrons. The summed E-state index contributed by atoms with van der Waals surface area (Å²) in [6, 6.07) is 3.95. The summed E-state index contributed by atoms with van der Waals surface area (Å²) in [6.45, 7) is 5.60. The minimum absolute atomic E-state index is 0.262. The molecule has 1 amide bonds. The quantitative estimate of drug-likeness (QED) is 0.552. The van der Waals surface area contributed by atoms with Crippen molar-refractivity contribution in [3.63, 3.8) is 0 Å². The van der Waals surface area contributed by atoms with Crippen LogP contribution in [-0.4, -0.2) is 71.3 Å². The first-order chi connectivity index (χ1) is 15.2. The lowest BCUT2D eigenvalue weighted by Gasteiger charge is -2.29. The summed E-state index contributed by atoms with van der Waals surface area (Å²) in [5.74, 6) is -0.588. The smallest absolute Gasteiger partial charge is 0.406 e. The topological polar surface area (TPSA) is 72.7 Å². The van der Waals surface area contributed by atoms with E-state index in [1.54, 1.807) is 25.1 Å². The average Bonchev–Trinajstić information content (AvgIpc) is 3.29. The molecule has 1 fully saturated rings. The van der Waals surface area contributed by atoms with Crippen LogP contribution in [0.4, 0.5) is 18.3 Å². The molecule has 0 atom stereocenters. The lowest BCUT2D eigenvalue weighted by Crippen LogP contribution is -2.43. The fourth-order valence-corrected chi connectivity index (χ4v) is 4.56. The van der Waals surface area contributed by atoms with E-state index >= 15 is 0 Å². The molecule has 0 spiro atoms. The van der Waals surface area contributed by atoms with Crippen LogP contribution in [0.5, 0.6) is 5.75 Å². The number of rotatable bonds is 6. The van der Waals surface area contributed by atoms with E-state index < -0.39 is 6.36 Å². The second kappa shape index (κ2) is 9.04. The number of hydrogen-bond acceptors (Lipinski definition) is 7. The summed E-state index contributed by atoms with van der Waals surface area (Å²) < 4.78 is 49.1. The van der Waals surface area contributed by atoms with Gasteiger partial charge in [-0.3, -0.25) is 19.3 Å². The number of thiazole rings is 1. The molecule has 2 aromatic heterocycles. The molecule has 0 unspecified atom stereocenters. The van der Waals surface area contributed by atoms with Crippen LogP contribution in [0.15, 0.2) is 24.4 Å². The van der Waals surface area contributed by atoms with Gasteiger partial charge in [-0.2, -0.15) is 5.10 Å². The average molecular weight is 469 g/mol. The summed E-state index contributed by atoms with van der Waals surface area (Å²) in [7, 11) is 1.69. The largest absolute Gasteiger partial charge is 0.573 e. The number of fused-ring (bicyclic) bond motifs is 1. The maximum absolute atomic E-state index is 13.5. The molecule has 1 saturated heterocycles. The molecule has 3 aromatic rings. The number of benzene rings is 1. The Kier molecular flexibility index (Phi) is 6.35. The summed E-state index contributed by atoms with van der Waals surface area (Å²) in [6.07, 6.45) is -3.16. The van der Waals surface area contributed by atoms with Crippen LogP contribution in [0.25, 0.3) is 10.2 Å². The number of alkyl halides is 3. The molecule has 3 heterocycles. The monoisotopic (exact) mass is 469 g/mol. The number of hydrogen-bond donors (Lipinski definition) is 0. The van der Waals surface area contributed by atoms with E-state index in [2.05, 4.69) is 19.7 Å². The summed E-state index contributed by atoms with van der Waals surface area (Å²) >= 11 is 1.14. The molecule has 1 aliphatic rings. The van der Waals surface area contributed by atoms with Crippen LogP contribution in [0, 0.1) is 6.92 Å². The van der Waals surface area contributed by atoms with Gasteiger partial charge in [0.1, 0.15) is 11.4 Å². The lowest BCUT2D eigenvalue weighted by molar-refractivity contribution is -0.274. The zero-order valence-corrected chi connectivity index (χ0v) is 18.4. The molecule has 8 nitrogen and oxygen atoms in total. The third-order valence-corrected chi connectivity index (χ3v) is 6.17. The van der Waals surface area contributed by atoms with Crippen molar-refractivity contribution in [1.29, 1.82) is 0 Å². The van der Waals surface area contributed by atoms with E-state index in [-0.39, 0.29) is 11.7 Å². The van der Waals surface area contributed by atoms with Crippen molar-refractivity contribution in [2.75, 3.05) is 44.3 Å². The number of aromatic nitrogens is 3. The first-order valence-electron chi connectivity index (χ1n) is 9.98. The van der Waals surface area contributed by atoms with E-state index in [4.69, 9.17) is 4.74 Å². The number of anilines is 1. The van der Waals surface area contributed by atoms with Gasteiger partial charge < -0.3 is 9.47 Å². The molecule has 0 saturated carbocycles. The fourth-order valence-electron chi connectivity index (χ4n) is 3.54. The van der Waals surface area contributed by atoms with Gasteiger partial charge in [-0.25, -0.2) is 4.98 Å². The molecule has 1 aromatic carbocycles. The Balaban J connectivity index is 1.65. The fraction of sp³-hybridized carbons (Fsp3) is 0.450. The lowest BCUT2D eigenvalue weighted by atomic mass is 10.2. The molecule has 12 heteroatoms. The van der Waals surface area contributed by atoms with Crippen LogP contribution < -0.4 is 9.64 Å². The summed E-state index contributed by atoms with van der Waals surface area (Å²) in [4.78, 5) is 21.7. The molecular formula is C20H22F3N5O3S. The second-order valence-electron chi connectivity index (χ2n) is 7.38. The van der Waals surface area contributed by atoms with Gasteiger partial charge in [0.15, 0.2) is 5.13 Å². The number of carbonyl (C=O) groups excluding carboxylic acids is 1. The first kappa shape index (κ1) is 22.5. The normalized spacial score (nSPS) is 15.3. The van der Waals surface area contributed by atoms with Crippen molar-refractivity contribution in [2.45, 2.75) is 13.3 Å². The summed E-state index contributed by atoms with van der Waals surface area (Å²) in [5.41, 5.74) is 1.66. The predicted molar refractivity (Wildman–Crippen MR) is 113 cm³/mol. The Bertz CT molecular complexity index is 1090. The minimum Gasteiger partial charge on any atom is -0.406 e. The number of carbonyl (C=O) groups is 1. The third-order valence-electron chi connectivity index (χ3n) is 5.13. The SMILES string of the molecule is Cc1cnn(C)c1C(=O)N(CCN1CCOCC1)c1nc2ccc(OC(F)(F)F)cc2s1. The number of amides is 1. The van der Waals surface area contributed by atoms with Crippen LogP contribution in [0.2, 0.25) is 0 Å². The number of aryl methyl sites for hydroxylation is 2. The van der Waals surface area contributed by atoms with E-state index in [0.29, 0.717) is 47.3 Å². The third kappa shape index (κ3) is 5.03. The van der Waals surface area contributed by atoms with Gasteiger partial charge in [-0.15, -0.1) is 13.2 Å². The van der Waals surface area contributed by atoms with Crippen LogP contribution in [0.1, 0.15) is 16.1 Å². The van der Waals surface area contributed by atoms with E-state index in [0.717, 1.165) is 30.0 Å². The van der Waals surface area contributed by atoms with E-state index in [1.165, 1.54) is 22.9 Å². The molecule has 32 heavy (non-hydrogen) atoms. The van der Waals surface area contributed by atoms with Crippen LogP contribution >= 0.6 is 11.3 Å². The van der Waals surface area contributed by atoms with Crippen molar-refractivity contribution in [3.8, 4) is 5.75 Å². The molecular weight excluding hydrogens is 447 g/mol. The minimum atomic E-state index is -4.78. The highest BCUT2D eigenvalue weighted by Gasteiger charge is 2.31. The maximum Gasteiger partial charge on any atom is 0.573 e. The van der Waals surface area contributed by atoms with Crippen molar-refractivity contribution in [1.82, 2.24) is 19.7 Å². The van der Waals surface area contributed by atoms with Gasteiger partial charge in [0.05, 0.1) is 29.6 Å². The van der Waals surface area contributed by atoms with Gasteiger partial charge >= 0.3 is 6.36 Å². The Morgan fingerprint density at radius 1 is 1.31 bits per heavy atom. The molecule has 0 bridgehead atoms. The number of nitrogens with zero attached hydrogens (tertiary/aromatic N) is 5. The molecule has 1 aliphatic heterocycles. The molecule has 172 valence electrons. The highest BCUT2D eigenvalue weighted by molar-refractivity contribution is 7.22. The zero-order valence-electron chi connectivity index (χ0n) is 17.6. The van der Waals surface area contributed by atoms with Gasteiger partial charge in [0.25, 0.3) is 5.91 Å². The van der Waals surface area contributed by atoms with Crippen molar-refractivity contribution >= 4 is 32.6 Å². The van der Waals surface area contributed by atoms with Crippen LogP contribution in [0.3, 0.4) is 0 Å². The van der Waals surface area contributed by atoms with E-state index in [1.807, 2.05) is 0 Å². The molecule has 0 N–H and O–H groups in total. The predicted octanol–water partition coefficient (Wildman–Crippen LogP) is 3.22. The highest BCUT2D eigenvalue weighted by Crippen LogP contribution is 2.34. The Morgan fingerprint density at radius 2 is 2.06 bits per heavy atom. The van der Waals surface area contributed by atoms with E-state index in [9.17, 15) is 18.0 Å². The Hall–Kier alpha value is -2.70. The Morgan fingerprint density at radius 3 is 2.72 bits per heavy atom. The van der Waals surface area contributed by atoms with Gasteiger partial charge in [0, 0.05) is 39.3 Å². The van der Waals surface area contributed by atoms with Gasteiger partial charge in [0.2, 0.25) is 0 Å². The maximum atomic E-state index is 13.5. The van der Waals surface area contributed by atoms with Crippen LogP contribution in [-0.2, 0) is 11.8 Å². The number of ether oxygens (including phenoxy) is 2. The van der Waals surface area contributed by atoms with Crippen molar-refractivity contribution in [3.05, 3.63) is 35.7 Å². The van der Waals surface area contributed by atoms with Gasteiger partial charge in [-0.1, -0.05) is 11.3 Å². The van der Waals surface area contributed by atoms with Gasteiger partial charge in [-0.05, 0) is 24.6 Å².